The second-order valence-corrected chi connectivity index (χ2v) is 8.61. The van der Waals surface area contributed by atoms with Gasteiger partial charge in [-0.05, 0) is 47.9 Å². The fraction of sp³-hybridized carbons (Fsp3) is 0.179. The number of hydrogen-bond donors (Lipinski definition) is 1. The smallest absolute Gasteiger partial charge is 0.337 e. The van der Waals surface area contributed by atoms with Crippen molar-refractivity contribution < 1.29 is 23.9 Å². The zero-order valence-electron chi connectivity index (χ0n) is 19.5. The molecule has 2 unspecified atom stereocenters. The number of likely N-dealkylation sites (tertiary alicyclic amines) is 1. The summed E-state index contributed by atoms with van der Waals surface area (Å²) in [5.41, 5.74) is 3.17. The Labute approximate surface area is 206 Å². The number of amides is 1. The average Bonchev–Trinajstić information content (AvgIpc) is 3.45. The van der Waals surface area contributed by atoms with Crippen molar-refractivity contribution in [2.24, 2.45) is 5.92 Å². The number of aromatic amines is 1. The Morgan fingerprint density at radius 1 is 1.00 bits per heavy atom. The van der Waals surface area contributed by atoms with Crippen LogP contribution in [0.15, 0.2) is 79.3 Å². The Balaban J connectivity index is 1.51. The van der Waals surface area contributed by atoms with Crippen LogP contribution in [-0.2, 0) is 20.7 Å². The SMILES string of the molecule is COC(=O)c1ccc(C2C(C(=O)c3cccnc3)C(=O)C(=O)N2CCc2c[nH]c3ccccc23)cc1. The van der Waals surface area contributed by atoms with E-state index in [9.17, 15) is 19.2 Å². The summed E-state index contributed by atoms with van der Waals surface area (Å²) >= 11 is 0. The first-order chi connectivity index (χ1) is 17.5. The van der Waals surface area contributed by atoms with Crippen molar-refractivity contribution >= 4 is 34.3 Å². The van der Waals surface area contributed by atoms with Crippen LogP contribution in [0.3, 0.4) is 0 Å². The van der Waals surface area contributed by atoms with Gasteiger partial charge in [0.25, 0.3) is 5.91 Å². The second-order valence-electron chi connectivity index (χ2n) is 8.61. The van der Waals surface area contributed by atoms with E-state index in [0.29, 0.717) is 17.5 Å². The lowest BCUT2D eigenvalue weighted by atomic mass is 9.86. The van der Waals surface area contributed by atoms with Gasteiger partial charge in [0.05, 0.1) is 18.7 Å². The number of ketones is 2. The molecule has 4 aromatic rings. The van der Waals surface area contributed by atoms with E-state index in [0.717, 1.165) is 16.5 Å². The summed E-state index contributed by atoms with van der Waals surface area (Å²) in [5, 5.41) is 1.04. The maximum absolute atomic E-state index is 13.4. The molecule has 1 fully saturated rings. The van der Waals surface area contributed by atoms with Crippen molar-refractivity contribution in [2.45, 2.75) is 12.5 Å². The second kappa shape index (κ2) is 9.58. The van der Waals surface area contributed by atoms with Gasteiger partial charge in [-0.25, -0.2) is 4.79 Å². The lowest BCUT2D eigenvalue weighted by Crippen LogP contribution is -2.32. The number of nitrogens with one attached hydrogen (secondary N) is 1. The first-order valence-corrected chi connectivity index (χ1v) is 11.5. The molecular formula is C28H23N3O5. The molecule has 3 heterocycles. The Hall–Kier alpha value is -4.59. The Morgan fingerprint density at radius 3 is 2.50 bits per heavy atom. The van der Waals surface area contributed by atoms with Crippen LogP contribution in [0.2, 0.25) is 0 Å². The van der Waals surface area contributed by atoms with Crippen LogP contribution < -0.4 is 0 Å². The Bertz CT molecular complexity index is 1460. The van der Waals surface area contributed by atoms with Crippen molar-refractivity contribution in [1.82, 2.24) is 14.9 Å². The van der Waals surface area contributed by atoms with Gasteiger partial charge in [0.2, 0.25) is 5.78 Å². The van der Waals surface area contributed by atoms with Gasteiger partial charge >= 0.3 is 5.97 Å². The molecule has 1 saturated heterocycles. The Kier molecular flexibility index (Phi) is 6.16. The number of methoxy groups -OCH3 is 1. The molecule has 2 aromatic carbocycles. The van der Waals surface area contributed by atoms with E-state index in [-0.39, 0.29) is 12.1 Å². The van der Waals surface area contributed by atoms with Gasteiger partial charge in [-0.2, -0.15) is 0 Å². The third-order valence-corrected chi connectivity index (χ3v) is 6.60. The van der Waals surface area contributed by atoms with Crippen molar-refractivity contribution in [1.29, 1.82) is 0 Å². The number of carbonyl (C=O) groups excluding carboxylic acids is 4. The maximum atomic E-state index is 13.4. The molecule has 0 bridgehead atoms. The predicted molar refractivity (Wildman–Crippen MR) is 131 cm³/mol. The summed E-state index contributed by atoms with van der Waals surface area (Å²) in [6.07, 6.45) is 5.32. The molecule has 36 heavy (non-hydrogen) atoms. The molecule has 180 valence electrons. The lowest BCUT2D eigenvalue weighted by Gasteiger charge is -2.27. The van der Waals surface area contributed by atoms with Crippen LogP contribution in [-0.4, -0.2) is 52.0 Å². The van der Waals surface area contributed by atoms with Gasteiger partial charge in [-0.3, -0.25) is 19.4 Å². The Morgan fingerprint density at radius 2 is 1.78 bits per heavy atom. The molecule has 8 heteroatoms. The molecule has 5 rings (SSSR count). The predicted octanol–water partition coefficient (Wildman–Crippen LogP) is 3.54. The van der Waals surface area contributed by atoms with Crippen LogP contribution >= 0.6 is 0 Å². The van der Waals surface area contributed by atoms with E-state index in [1.165, 1.54) is 24.4 Å². The summed E-state index contributed by atoms with van der Waals surface area (Å²) in [7, 11) is 1.29. The first-order valence-electron chi connectivity index (χ1n) is 11.5. The van der Waals surface area contributed by atoms with E-state index in [4.69, 9.17) is 4.74 Å². The number of carbonyl (C=O) groups is 4. The van der Waals surface area contributed by atoms with Crippen molar-refractivity contribution in [3.05, 3.63) is 102 Å². The molecule has 1 aliphatic heterocycles. The molecule has 1 N–H and O–H groups in total. The number of H-pyrrole nitrogens is 1. The third-order valence-electron chi connectivity index (χ3n) is 6.60. The highest BCUT2D eigenvalue weighted by Gasteiger charge is 2.51. The molecule has 2 aromatic heterocycles. The fourth-order valence-electron chi connectivity index (χ4n) is 4.80. The quantitative estimate of drug-likeness (QED) is 0.187. The number of ether oxygens (including phenoxy) is 1. The van der Waals surface area contributed by atoms with Crippen molar-refractivity contribution in [3.63, 3.8) is 0 Å². The summed E-state index contributed by atoms with van der Waals surface area (Å²) < 4.78 is 4.77. The van der Waals surface area contributed by atoms with Gasteiger partial charge in [0, 0.05) is 41.6 Å². The van der Waals surface area contributed by atoms with Crippen LogP contribution in [0.5, 0.6) is 0 Å². The van der Waals surface area contributed by atoms with Gasteiger partial charge in [0.1, 0.15) is 5.92 Å². The zero-order chi connectivity index (χ0) is 25.2. The van der Waals surface area contributed by atoms with E-state index < -0.39 is 35.4 Å². The van der Waals surface area contributed by atoms with Gasteiger partial charge < -0.3 is 14.6 Å². The van der Waals surface area contributed by atoms with E-state index in [1.807, 2.05) is 30.5 Å². The van der Waals surface area contributed by atoms with Crippen LogP contribution in [0.25, 0.3) is 10.9 Å². The minimum atomic E-state index is -1.21. The number of aromatic nitrogens is 2. The molecule has 0 radical (unpaired) electrons. The number of Topliss-reactive ketones (excluding diaryl/α,β-unsaturated/α-hetero) is 2. The lowest BCUT2D eigenvalue weighted by molar-refractivity contribution is -0.140. The van der Waals surface area contributed by atoms with Crippen LogP contribution in [0, 0.1) is 5.92 Å². The van der Waals surface area contributed by atoms with Crippen LogP contribution in [0.1, 0.15) is 37.9 Å². The number of benzene rings is 2. The van der Waals surface area contributed by atoms with Crippen molar-refractivity contribution in [2.75, 3.05) is 13.7 Å². The first kappa shape index (κ1) is 23.2. The standard InChI is InChI=1S/C28H23N3O5/c1-36-28(35)18-10-8-17(9-11-18)24-23(25(32)20-5-4-13-29-15-20)26(33)27(34)31(24)14-12-19-16-30-22-7-3-2-6-21(19)22/h2-11,13,15-16,23-24,30H,12,14H2,1H3. The number of hydrogen-bond acceptors (Lipinski definition) is 6. The van der Waals surface area contributed by atoms with Gasteiger partial charge in [0.15, 0.2) is 5.78 Å². The monoisotopic (exact) mass is 481 g/mol. The van der Waals surface area contributed by atoms with E-state index in [1.54, 1.807) is 36.4 Å². The normalized spacial score (nSPS) is 17.5. The molecule has 1 amide bonds. The van der Waals surface area contributed by atoms with Gasteiger partial charge in [-0.1, -0.05) is 30.3 Å². The summed E-state index contributed by atoms with van der Waals surface area (Å²) in [6.45, 7) is 0.243. The molecule has 8 nitrogen and oxygen atoms in total. The fourth-order valence-corrected chi connectivity index (χ4v) is 4.80. The number of fused-ring (bicyclic) bond motifs is 1. The van der Waals surface area contributed by atoms with Crippen LogP contribution in [0.4, 0.5) is 0 Å². The van der Waals surface area contributed by atoms with E-state index >= 15 is 0 Å². The summed E-state index contributed by atoms with van der Waals surface area (Å²) in [4.78, 5) is 60.4. The number of rotatable bonds is 7. The number of para-hydroxylation sites is 1. The average molecular weight is 482 g/mol. The molecule has 0 aliphatic carbocycles. The van der Waals surface area contributed by atoms with E-state index in [2.05, 4.69) is 9.97 Å². The topological polar surface area (TPSA) is 109 Å². The highest BCUT2D eigenvalue weighted by atomic mass is 16.5. The zero-order valence-corrected chi connectivity index (χ0v) is 19.5. The maximum Gasteiger partial charge on any atom is 0.337 e. The summed E-state index contributed by atoms with van der Waals surface area (Å²) in [6, 6.07) is 16.7. The highest BCUT2D eigenvalue weighted by Crippen LogP contribution is 2.38. The number of pyridine rings is 1. The largest absolute Gasteiger partial charge is 0.465 e. The minimum absolute atomic E-state index is 0.243. The third kappa shape index (κ3) is 4.07. The molecule has 0 saturated carbocycles. The molecule has 2 atom stereocenters. The number of esters is 1. The van der Waals surface area contributed by atoms with Gasteiger partial charge in [-0.15, -0.1) is 0 Å². The minimum Gasteiger partial charge on any atom is -0.465 e. The van der Waals surface area contributed by atoms with Crippen molar-refractivity contribution in [3.8, 4) is 0 Å². The molecular weight excluding hydrogens is 458 g/mol. The molecule has 0 spiro atoms. The number of nitrogens with zero attached hydrogens (tertiary/aromatic N) is 2. The molecule has 1 aliphatic rings. The highest BCUT2D eigenvalue weighted by molar-refractivity contribution is 6.44. The summed E-state index contributed by atoms with van der Waals surface area (Å²) in [5.74, 6) is -3.62.